The highest BCUT2D eigenvalue weighted by Crippen LogP contribution is 2.31. The third-order valence-corrected chi connectivity index (χ3v) is 5.17. The maximum Gasteiger partial charge on any atom is 0.274 e. The van der Waals surface area contributed by atoms with Crippen molar-refractivity contribution in [2.24, 2.45) is 7.05 Å². The van der Waals surface area contributed by atoms with Crippen LogP contribution in [-0.4, -0.2) is 74.4 Å². The molecule has 2 fully saturated rings. The number of H-pyrrole nitrogens is 1. The van der Waals surface area contributed by atoms with Gasteiger partial charge in [0.05, 0.1) is 24.9 Å². The van der Waals surface area contributed by atoms with Crippen LogP contribution in [-0.2, 0) is 11.8 Å². The zero-order valence-electron chi connectivity index (χ0n) is 15.4. The second kappa shape index (κ2) is 7.51. The van der Waals surface area contributed by atoms with Gasteiger partial charge in [0.25, 0.3) is 11.8 Å². The van der Waals surface area contributed by atoms with Crippen molar-refractivity contribution in [1.29, 1.82) is 0 Å². The van der Waals surface area contributed by atoms with Crippen LogP contribution in [0.5, 0.6) is 0 Å². The monoisotopic (exact) mass is 372 g/mol. The van der Waals surface area contributed by atoms with E-state index < -0.39 is 0 Å². The van der Waals surface area contributed by atoms with E-state index in [1.54, 1.807) is 35.0 Å². The van der Waals surface area contributed by atoms with E-state index in [0.717, 1.165) is 25.0 Å². The van der Waals surface area contributed by atoms with Crippen LogP contribution in [0.15, 0.2) is 18.3 Å². The summed E-state index contributed by atoms with van der Waals surface area (Å²) in [4.78, 5) is 29.1. The fourth-order valence-electron chi connectivity index (χ4n) is 3.72. The molecule has 2 aliphatic rings. The highest BCUT2D eigenvalue weighted by Gasteiger charge is 2.32. The molecule has 0 spiro atoms. The third kappa shape index (κ3) is 3.59. The summed E-state index contributed by atoms with van der Waals surface area (Å²) in [7, 11) is 1.79. The topological polar surface area (TPSA) is 96.4 Å². The number of hydrogen-bond donors (Lipinski definition) is 1. The van der Waals surface area contributed by atoms with E-state index >= 15 is 0 Å². The number of aromatic amines is 1. The molecule has 4 heterocycles. The molecule has 1 atom stereocenters. The Hall–Kier alpha value is -2.68. The third-order valence-electron chi connectivity index (χ3n) is 5.17. The fourth-order valence-corrected chi connectivity index (χ4v) is 3.72. The van der Waals surface area contributed by atoms with Crippen LogP contribution in [0.25, 0.3) is 0 Å². The predicted octanol–water partition coefficient (Wildman–Crippen LogP) is 0.983. The van der Waals surface area contributed by atoms with Crippen LogP contribution in [0.1, 0.15) is 52.0 Å². The van der Waals surface area contributed by atoms with Crippen LogP contribution in [0.3, 0.4) is 0 Å². The Morgan fingerprint density at radius 1 is 1.15 bits per heavy atom. The number of ether oxygens (including phenoxy) is 1. The molecule has 4 rings (SSSR count). The van der Waals surface area contributed by atoms with Gasteiger partial charge in [0.2, 0.25) is 0 Å². The molecule has 2 amide bonds. The minimum Gasteiger partial charge on any atom is -0.378 e. The minimum atomic E-state index is -0.119. The number of amides is 2. The van der Waals surface area contributed by atoms with E-state index in [1.807, 2.05) is 4.90 Å². The van der Waals surface area contributed by atoms with Crippen LogP contribution in [0, 0.1) is 0 Å². The summed E-state index contributed by atoms with van der Waals surface area (Å²) in [5.41, 5.74) is 1.63. The van der Waals surface area contributed by atoms with Crippen molar-refractivity contribution in [3.05, 3.63) is 35.4 Å². The lowest BCUT2D eigenvalue weighted by atomic mass is 9.98. The van der Waals surface area contributed by atoms with Crippen molar-refractivity contribution >= 4 is 11.8 Å². The molecule has 9 nitrogen and oxygen atoms in total. The summed E-state index contributed by atoms with van der Waals surface area (Å²) in [6, 6.07) is 3.40. The van der Waals surface area contributed by atoms with Crippen LogP contribution >= 0.6 is 0 Å². The van der Waals surface area contributed by atoms with Crippen LogP contribution < -0.4 is 0 Å². The number of nitrogens with zero attached hydrogens (tertiary/aromatic N) is 5. The maximum atomic E-state index is 12.9. The van der Waals surface area contributed by atoms with Crippen LogP contribution in [0.2, 0.25) is 0 Å². The van der Waals surface area contributed by atoms with E-state index in [1.165, 1.54) is 0 Å². The maximum absolute atomic E-state index is 12.9. The average Bonchev–Trinajstić information content (AvgIpc) is 3.37. The van der Waals surface area contributed by atoms with Gasteiger partial charge in [-0.15, -0.1) is 0 Å². The zero-order chi connectivity index (χ0) is 18.8. The minimum absolute atomic E-state index is 0.0871. The van der Waals surface area contributed by atoms with Gasteiger partial charge in [0.15, 0.2) is 0 Å². The number of aromatic nitrogens is 4. The fraction of sp³-hybridized carbons (Fsp3) is 0.556. The van der Waals surface area contributed by atoms with E-state index in [2.05, 4.69) is 15.3 Å². The molecule has 27 heavy (non-hydrogen) atoms. The predicted molar refractivity (Wildman–Crippen MR) is 96.1 cm³/mol. The Balaban J connectivity index is 1.53. The van der Waals surface area contributed by atoms with Crippen molar-refractivity contribution in [2.75, 3.05) is 32.8 Å². The molecule has 0 unspecified atom stereocenters. The van der Waals surface area contributed by atoms with Gasteiger partial charge in [-0.2, -0.15) is 10.2 Å². The normalized spacial score (nSPS) is 20.7. The lowest BCUT2D eigenvalue weighted by Gasteiger charge is -2.34. The molecule has 0 bridgehead atoms. The molecule has 9 heteroatoms. The number of morpholine rings is 1. The van der Waals surface area contributed by atoms with Crippen molar-refractivity contribution in [3.8, 4) is 0 Å². The highest BCUT2D eigenvalue weighted by molar-refractivity contribution is 5.93. The quantitative estimate of drug-likeness (QED) is 0.866. The van der Waals surface area contributed by atoms with Gasteiger partial charge >= 0.3 is 0 Å². The molecule has 2 saturated heterocycles. The number of nitrogens with one attached hydrogen (secondary N) is 1. The first kappa shape index (κ1) is 17.7. The molecule has 0 radical (unpaired) electrons. The summed E-state index contributed by atoms with van der Waals surface area (Å²) >= 11 is 0. The smallest absolute Gasteiger partial charge is 0.274 e. The molecule has 2 aliphatic heterocycles. The molecule has 1 N–H and O–H groups in total. The van der Waals surface area contributed by atoms with Crippen molar-refractivity contribution in [3.63, 3.8) is 0 Å². The Morgan fingerprint density at radius 2 is 1.96 bits per heavy atom. The van der Waals surface area contributed by atoms with Gasteiger partial charge in [0, 0.05) is 32.9 Å². The first-order chi connectivity index (χ1) is 13.1. The number of aryl methyl sites for hydroxylation is 1. The molecule has 2 aromatic heterocycles. The molecular formula is C18H24N6O3. The summed E-state index contributed by atoms with van der Waals surface area (Å²) in [6.45, 7) is 2.94. The molecular weight excluding hydrogens is 348 g/mol. The number of piperidine rings is 1. The lowest BCUT2D eigenvalue weighted by molar-refractivity contribution is 0.0299. The zero-order valence-corrected chi connectivity index (χ0v) is 15.4. The summed E-state index contributed by atoms with van der Waals surface area (Å²) in [5, 5.41) is 11.4. The van der Waals surface area contributed by atoms with E-state index in [4.69, 9.17) is 4.74 Å². The Bertz CT molecular complexity index is 823. The van der Waals surface area contributed by atoms with Gasteiger partial charge < -0.3 is 14.5 Å². The van der Waals surface area contributed by atoms with Crippen LogP contribution in [0.4, 0.5) is 0 Å². The number of hydrogen-bond acceptors (Lipinski definition) is 5. The summed E-state index contributed by atoms with van der Waals surface area (Å²) in [5.74, 6) is -0.185. The Morgan fingerprint density at radius 3 is 2.70 bits per heavy atom. The van der Waals surface area contributed by atoms with Crippen molar-refractivity contribution in [2.45, 2.75) is 25.3 Å². The van der Waals surface area contributed by atoms with Gasteiger partial charge in [0.1, 0.15) is 11.4 Å². The highest BCUT2D eigenvalue weighted by atomic mass is 16.5. The summed E-state index contributed by atoms with van der Waals surface area (Å²) < 4.78 is 6.92. The molecule has 0 aliphatic carbocycles. The SMILES string of the molecule is Cn1ccc(C(=O)N2CCCC[C@@H]2c2cc(C(=O)N3CCOCC3)n[nH]2)n1. The van der Waals surface area contributed by atoms with Crippen molar-refractivity contribution < 1.29 is 14.3 Å². The van der Waals surface area contributed by atoms with Gasteiger partial charge in [-0.3, -0.25) is 19.4 Å². The summed E-state index contributed by atoms with van der Waals surface area (Å²) in [6.07, 6.45) is 4.60. The largest absolute Gasteiger partial charge is 0.378 e. The second-order valence-corrected chi connectivity index (χ2v) is 7.00. The van der Waals surface area contributed by atoms with E-state index in [0.29, 0.717) is 44.2 Å². The molecule has 144 valence electrons. The van der Waals surface area contributed by atoms with E-state index in [-0.39, 0.29) is 17.9 Å². The lowest BCUT2D eigenvalue weighted by Crippen LogP contribution is -2.40. The second-order valence-electron chi connectivity index (χ2n) is 7.00. The Labute approximate surface area is 157 Å². The first-order valence-electron chi connectivity index (χ1n) is 9.36. The number of likely N-dealkylation sites (tertiary alicyclic amines) is 1. The molecule has 2 aromatic rings. The van der Waals surface area contributed by atoms with Gasteiger partial charge in [-0.05, 0) is 31.4 Å². The number of rotatable bonds is 3. The van der Waals surface area contributed by atoms with Crippen molar-refractivity contribution in [1.82, 2.24) is 29.8 Å². The number of carbonyl (C=O) groups excluding carboxylic acids is 2. The number of carbonyl (C=O) groups is 2. The average molecular weight is 372 g/mol. The van der Waals surface area contributed by atoms with Gasteiger partial charge in [-0.1, -0.05) is 0 Å². The van der Waals surface area contributed by atoms with Gasteiger partial charge in [-0.25, -0.2) is 0 Å². The molecule has 0 aromatic carbocycles. The standard InChI is InChI=1S/C18H24N6O3/c1-22-7-5-13(21-22)18(26)24-6-3-2-4-16(24)14-12-15(20-19-14)17(25)23-8-10-27-11-9-23/h5,7,12,16H,2-4,6,8-11H2,1H3,(H,19,20)/t16-/m1/s1. The molecule has 0 saturated carbocycles. The Kier molecular flexibility index (Phi) is 4.93. The first-order valence-corrected chi connectivity index (χ1v) is 9.36. The van der Waals surface area contributed by atoms with E-state index in [9.17, 15) is 9.59 Å².